The minimum absolute atomic E-state index is 0.401. The van der Waals surface area contributed by atoms with Crippen LogP contribution in [0.3, 0.4) is 0 Å². The summed E-state index contributed by atoms with van der Waals surface area (Å²) in [5, 5.41) is 3.60. The van der Waals surface area contributed by atoms with E-state index in [4.69, 9.17) is 0 Å². The lowest BCUT2D eigenvalue weighted by Crippen LogP contribution is -2.34. The maximum Gasteiger partial charge on any atom is 0.0225 e. The van der Waals surface area contributed by atoms with Crippen LogP contribution in [0.2, 0.25) is 0 Å². The van der Waals surface area contributed by atoms with Crippen molar-refractivity contribution in [3.63, 3.8) is 0 Å². The Morgan fingerprint density at radius 3 is 2.46 bits per heavy atom. The third-order valence-corrected chi connectivity index (χ3v) is 4.26. The molecule has 0 aromatic rings. The van der Waals surface area contributed by atoms with Crippen LogP contribution in [0.5, 0.6) is 0 Å². The topological polar surface area (TPSA) is 12.0 Å². The van der Waals surface area contributed by atoms with E-state index >= 15 is 0 Å². The summed E-state index contributed by atoms with van der Waals surface area (Å²) >= 11 is 1.95. The van der Waals surface area contributed by atoms with Gasteiger partial charge in [0.15, 0.2) is 0 Å². The molecule has 1 rings (SSSR count). The van der Waals surface area contributed by atoms with Crippen LogP contribution in [0.4, 0.5) is 0 Å². The van der Waals surface area contributed by atoms with Gasteiger partial charge in [-0.05, 0) is 45.4 Å². The molecule has 0 aromatic heterocycles. The van der Waals surface area contributed by atoms with Gasteiger partial charge in [-0.25, -0.2) is 0 Å². The third kappa shape index (κ3) is 4.37. The maximum absolute atomic E-state index is 3.60. The van der Waals surface area contributed by atoms with Crippen LogP contribution in [0.15, 0.2) is 0 Å². The molecule has 78 valence electrons. The molecule has 1 aliphatic carbocycles. The van der Waals surface area contributed by atoms with E-state index in [1.54, 1.807) is 0 Å². The van der Waals surface area contributed by atoms with Crippen molar-refractivity contribution in [1.82, 2.24) is 5.32 Å². The summed E-state index contributed by atoms with van der Waals surface area (Å²) < 4.78 is 0.401. The van der Waals surface area contributed by atoms with Gasteiger partial charge in [-0.15, -0.1) is 0 Å². The molecular formula is C11H23NS. The highest BCUT2D eigenvalue weighted by molar-refractivity contribution is 7.99. The van der Waals surface area contributed by atoms with E-state index in [9.17, 15) is 0 Å². The van der Waals surface area contributed by atoms with Gasteiger partial charge in [0.1, 0.15) is 0 Å². The van der Waals surface area contributed by atoms with Gasteiger partial charge in [0, 0.05) is 11.3 Å². The molecule has 1 fully saturated rings. The van der Waals surface area contributed by atoms with Crippen molar-refractivity contribution >= 4 is 11.8 Å². The molecule has 0 unspecified atom stereocenters. The fourth-order valence-corrected chi connectivity index (χ4v) is 2.11. The summed E-state index contributed by atoms with van der Waals surface area (Å²) in [6.45, 7) is 6.99. The van der Waals surface area contributed by atoms with Gasteiger partial charge in [-0.3, -0.25) is 0 Å². The van der Waals surface area contributed by atoms with Gasteiger partial charge in [-0.2, -0.15) is 11.8 Å². The van der Waals surface area contributed by atoms with E-state index in [1.807, 2.05) is 11.8 Å². The maximum atomic E-state index is 3.60. The van der Waals surface area contributed by atoms with Crippen LogP contribution >= 0.6 is 11.8 Å². The molecule has 0 atom stereocenters. The van der Waals surface area contributed by atoms with E-state index in [0.29, 0.717) is 4.75 Å². The van der Waals surface area contributed by atoms with Gasteiger partial charge in [-0.1, -0.05) is 12.8 Å². The van der Waals surface area contributed by atoms with Crippen LogP contribution in [0.1, 0.15) is 39.5 Å². The Balaban J connectivity index is 2.06. The number of thioether (sulfide) groups is 1. The summed E-state index contributed by atoms with van der Waals surface area (Å²) in [5.74, 6) is 0.970. The van der Waals surface area contributed by atoms with Gasteiger partial charge >= 0.3 is 0 Å². The second-order valence-electron chi connectivity index (χ2n) is 4.75. The lowest BCUT2D eigenvalue weighted by atomic mass is 10.1. The zero-order valence-corrected chi connectivity index (χ0v) is 10.0. The highest BCUT2D eigenvalue weighted by atomic mass is 32.2. The lowest BCUT2D eigenvalue weighted by Gasteiger charge is -2.23. The Labute approximate surface area is 87.1 Å². The summed E-state index contributed by atoms with van der Waals surface area (Å²) in [6, 6.07) is 0. The van der Waals surface area contributed by atoms with Crippen molar-refractivity contribution in [1.29, 1.82) is 0 Å². The Bertz CT molecular complexity index is 139. The molecule has 13 heavy (non-hydrogen) atoms. The summed E-state index contributed by atoms with van der Waals surface area (Å²) in [5.41, 5.74) is 0. The van der Waals surface area contributed by atoms with Gasteiger partial charge in [0.2, 0.25) is 0 Å². The van der Waals surface area contributed by atoms with E-state index in [2.05, 4.69) is 25.4 Å². The van der Waals surface area contributed by atoms with Crippen LogP contribution in [0, 0.1) is 5.92 Å². The minimum Gasteiger partial charge on any atom is -0.315 e. The smallest absolute Gasteiger partial charge is 0.0225 e. The van der Waals surface area contributed by atoms with Crippen molar-refractivity contribution in [2.45, 2.75) is 44.3 Å². The number of nitrogens with one attached hydrogen (secondary N) is 1. The first kappa shape index (κ1) is 11.4. The summed E-state index contributed by atoms with van der Waals surface area (Å²) in [7, 11) is 0. The molecule has 0 amide bonds. The Hall–Kier alpha value is 0.310. The first-order chi connectivity index (χ1) is 6.14. The zero-order valence-electron chi connectivity index (χ0n) is 9.23. The molecular weight excluding hydrogens is 178 g/mol. The van der Waals surface area contributed by atoms with E-state index < -0.39 is 0 Å². The van der Waals surface area contributed by atoms with Crippen molar-refractivity contribution in [2.75, 3.05) is 19.3 Å². The molecule has 1 saturated carbocycles. The van der Waals surface area contributed by atoms with Crippen LogP contribution in [-0.2, 0) is 0 Å². The molecule has 0 aromatic carbocycles. The molecule has 0 spiro atoms. The van der Waals surface area contributed by atoms with Crippen molar-refractivity contribution in [3.05, 3.63) is 0 Å². The highest BCUT2D eigenvalue weighted by Crippen LogP contribution is 2.24. The van der Waals surface area contributed by atoms with Gasteiger partial charge < -0.3 is 5.32 Å². The SMILES string of the molecule is CSC(C)(C)CNCC1CCCC1. The Morgan fingerprint density at radius 1 is 1.31 bits per heavy atom. The number of hydrogen-bond donors (Lipinski definition) is 1. The fourth-order valence-electron chi connectivity index (χ4n) is 1.86. The molecule has 1 N–H and O–H groups in total. The standard InChI is InChI=1S/C11H23NS/c1-11(2,13-3)9-12-8-10-6-4-5-7-10/h10,12H,4-9H2,1-3H3. The number of hydrogen-bond acceptors (Lipinski definition) is 2. The second-order valence-corrected chi connectivity index (χ2v) is 6.26. The normalized spacial score (nSPS) is 19.6. The van der Waals surface area contributed by atoms with Crippen molar-refractivity contribution in [3.8, 4) is 0 Å². The Kier molecular flexibility index (Phi) is 4.60. The fraction of sp³-hybridized carbons (Fsp3) is 1.00. The lowest BCUT2D eigenvalue weighted by molar-refractivity contribution is 0.471. The summed E-state index contributed by atoms with van der Waals surface area (Å²) in [4.78, 5) is 0. The quantitative estimate of drug-likeness (QED) is 0.734. The predicted octanol–water partition coefficient (Wildman–Crippen LogP) is 2.91. The second kappa shape index (κ2) is 5.26. The zero-order chi connectivity index (χ0) is 9.73. The Morgan fingerprint density at radius 2 is 1.92 bits per heavy atom. The van der Waals surface area contributed by atoms with Crippen LogP contribution < -0.4 is 5.32 Å². The van der Waals surface area contributed by atoms with Crippen LogP contribution in [0.25, 0.3) is 0 Å². The van der Waals surface area contributed by atoms with E-state index in [1.165, 1.54) is 32.2 Å². The van der Waals surface area contributed by atoms with Crippen molar-refractivity contribution in [2.24, 2.45) is 5.92 Å². The molecule has 0 radical (unpaired) electrons. The number of rotatable bonds is 5. The highest BCUT2D eigenvalue weighted by Gasteiger charge is 2.18. The molecule has 0 bridgehead atoms. The summed E-state index contributed by atoms with van der Waals surface area (Å²) in [6.07, 6.45) is 8.01. The first-order valence-corrected chi connectivity index (χ1v) is 6.62. The predicted molar refractivity (Wildman–Crippen MR) is 62.4 cm³/mol. The molecule has 2 heteroatoms. The average Bonchev–Trinajstić information content (AvgIpc) is 2.57. The molecule has 1 aliphatic rings. The van der Waals surface area contributed by atoms with Crippen LogP contribution in [-0.4, -0.2) is 24.1 Å². The average molecular weight is 201 g/mol. The third-order valence-electron chi connectivity index (χ3n) is 3.01. The molecule has 0 heterocycles. The monoisotopic (exact) mass is 201 g/mol. The van der Waals surface area contributed by atoms with Gasteiger partial charge in [0.25, 0.3) is 0 Å². The first-order valence-electron chi connectivity index (χ1n) is 5.40. The molecule has 1 nitrogen and oxygen atoms in total. The minimum atomic E-state index is 0.401. The van der Waals surface area contributed by atoms with Crippen molar-refractivity contribution < 1.29 is 0 Å². The van der Waals surface area contributed by atoms with Gasteiger partial charge in [0.05, 0.1) is 0 Å². The van der Waals surface area contributed by atoms with E-state index in [0.717, 1.165) is 12.5 Å². The molecule has 0 aliphatic heterocycles. The molecule has 0 saturated heterocycles. The largest absolute Gasteiger partial charge is 0.315 e. The van der Waals surface area contributed by atoms with E-state index in [-0.39, 0.29) is 0 Å².